The molecule has 9 heavy (non-hydrogen) atoms. The maximum atomic E-state index is 10.2. The minimum absolute atomic E-state index is 0. The normalized spacial score (nSPS) is 7.22. The van der Waals surface area contributed by atoms with Crippen molar-refractivity contribution in [2.45, 2.75) is 13.3 Å². The Morgan fingerprint density at radius 1 is 1.67 bits per heavy atom. The summed E-state index contributed by atoms with van der Waals surface area (Å²) in [5.41, 5.74) is 0. The van der Waals surface area contributed by atoms with E-state index in [9.17, 15) is 9.59 Å². The molecule has 0 N–H and O–H groups in total. The van der Waals surface area contributed by atoms with Gasteiger partial charge in [-0.25, -0.2) is 0 Å². The standard InChI is InChI=1S/C5H8O3.Na.H/c1-2-8-5(7)3-4-6;;/h4H,2-3H2,1H3;;. The van der Waals surface area contributed by atoms with Gasteiger partial charge >= 0.3 is 35.5 Å². The summed E-state index contributed by atoms with van der Waals surface area (Å²) in [6, 6.07) is 0. The summed E-state index contributed by atoms with van der Waals surface area (Å²) in [7, 11) is 0. The van der Waals surface area contributed by atoms with E-state index in [2.05, 4.69) is 4.74 Å². The van der Waals surface area contributed by atoms with E-state index in [0.29, 0.717) is 12.9 Å². The van der Waals surface area contributed by atoms with Gasteiger partial charge in [-0.05, 0) is 6.92 Å². The van der Waals surface area contributed by atoms with Crippen LogP contribution in [0.1, 0.15) is 13.3 Å². The van der Waals surface area contributed by atoms with Crippen molar-refractivity contribution in [3.05, 3.63) is 0 Å². The number of hydrogen-bond acceptors (Lipinski definition) is 3. The molecule has 0 bridgehead atoms. The second-order valence-electron chi connectivity index (χ2n) is 1.18. The summed E-state index contributed by atoms with van der Waals surface area (Å²) < 4.78 is 4.41. The molecule has 0 aromatic heterocycles. The number of carbonyl (C=O) groups excluding carboxylic acids is 2. The maximum absolute atomic E-state index is 10.2. The van der Waals surface area contributed by atoms with Crippen LogP contribution >= 0.6 is 0 Å². The predicted molar refractivity (Wildman–Crippen MR) is 34.5 cm³/mol. The molecule has 0 aromatic rings. The molecule has 0 aliphatic carbocycles. The number of esters is 1. The fourth-order valence-electron chi connectivity index (χ4n) is 0.288. The molecule has 0 fully saturated rings. The molecule has 0 aliphatic rings. The summed E-state index contributed by atoms with van der Waals surface area (Å²) in [5.74, 6) is -0.456. The fraction of sp³-hybridized carbons (Fsp3) is 0.600. The van der Waals surface area contributed by atoms with Crippen molar-refractivity contribution in [3.63, 3.8) is 0 Å². The van der Waals surface area contributed by atoms with Gasteiger partial charge in [-0.3, -0.25) is 4.79 Å². The van der Waals surface area contributed by atoms with Crippen LogP contribution in [0, 0.1) is 0 Å². The van der Waals surface area contributed by atoms with Crippen LogP contribution in [0.25, 0.3) is 0 Å². The number of hydrogen-bond donors (Lipinski definition) is 0. The molecule has 48 valence electrons. The van der Waals surface area contributed by atoms with Gasteiger partial charge in [-0.15, -0.1) is 0 Å². The molecule has 0 saturated heterocycles. The zero-order chi connectivity index (χ0) is 6.41. The Bertz CT molecular complexity index is 92.2. The Hall–Kier alpha value is 0.140. The predicted octanol–water partition coefficient (Wildman–Crippen LogP) is -0.510. The van der Waals surface area contributed by atoms with E-state index in [1.807, 2.05) is 0 Å². The van der Waals surface area contributed by atoms with Crippen molar-refractivity contribution in [1.29, 1.82) is 0 Å². The molecule has 0 aliphatic heterocycles. The fourth-order valence-corrected chi connectivity index (χ4v) is 0.288. The van der Waals surface area contributed by atoms with E-state index in [4.69, 9.17) is 0 Å². The molecule has 0 heterocycles. The second-order valence-corrected chi connectivity index (χ2v) is 1.18. The third-order valence-electron chi connectivity index (χ3n) is 0.555. The first-order chi connectivity index (χ1) is 3.81. The summed E-state index contributed by atoms with van der Waals surface area (Å²) >= 11 is 0. The minimum atomic E-state index is -0.456. The van der Waals surface area contributed by atoms with E-state index in [1.165, 1.54) is 0 Å². The van der Waals surface area contributed by atoms with Crippen LogP contribution in [0.15, 0.2) is 0 Å². The van der Waals surface area contributed by atoms with E-state index >= 15 is 0 Å². The zero-order valence-electron chi connectivity index (χ0n) is 4.72. The Kier molecular flexibility index (Phi) is 10.7. The van der Waals surface area contributed by atoms with Crippen molar-refractivity contribution >= 4 is 41.8 Å². The summed E-state index contributed by atoms with van der Waals surface area (Å²) in [6.45, 7) is 2.04. The molecule has 4 heteroatoms. The van der Waals surface area contributed by atoms with Gasteiger partial charge in [0.05, 0.1) is 6.61 Å². The van der Waals surface area contributed by atoms with Crippen molar-refractivity contribution in [2.75, 3.05) is 6.61 Å². The third-order valence-corrected chi connectivity index (χ3v) is 0.555. The van der Waals surface area contributed by atoms with E-state index in [-0.39, 0.29) is 36.0 Å². The molecule has 0 aromatic carbocycles. The van der Waals surface area contributed by atoms with Crippen LogP contribution in [-0.2, 0) is 14.3 Å². The molecular weight excluding hydrogens is 131 g/mol. The first-order valence-corrected chi connectivity index (χ1v) is 2.40. The van der Waals surface area contributed by atoms with Gasteiger partial charge in [0.15, 0.2) is 0 Å². The Morgan fingerprint density at radius 3 is 2.56 bits per heavy atom. The van der Waals surface area contributed by atoms with Crippen LogP contribution in [0.3, 0.4) is 0 Å². The summed E-state index contributed by atoms with van der Waals surface area (Å²) in [5, 5.41) is 0. The van der Waals surface area contributed by atoms with E-state index in [1.54, 1.807) is 6.92 Å². The molecule has 0 spiro atoms. The van der Waals surface area contributed by atoms with Crippen LogP contribution in [0.4, 0.5) is 0 Å². The Labute approximate surface area is 76.0 Å². The molecule has 0 radical (unpaired) electrons. The van der Waals surface area contributed by atoms with Crippen molar-refractivity contribution in [1.82, 2.24) is 0 Å². The first kappa shape index (κ1) is 11.9. The molecule has 0 atom stereocenters. The molecule has 3 nitrogen and oxygen atoms in total. The van der Waals surface area contributed by atoms with Gasteiger partial charge in [-0.1, -0.05) is 0 Å². The van der Waals surface area contributed by atoms with Crippen molar-refractivity contribution < 1.29 is 14.3 Å². The van der Waals surface area contributed by atoms with Gasteiger partial charge in [-0.2, -0.15) is 0 Å². The number of ether oxygens (including phenoxy) is 1. The monoisotopic (exact) mass is 140 g/mol. The van der Waals surface area contributed by atoms with Gasteiger partial charge in [0, 0.05) is 0 Å². The van der Waals surface area contributed by atoms with Crippen LogP contribution < -0.4 is 0 Å². The summed E-state index contributed by atoms with van der Waals surface area (Å²) in [6.07, 6.45) is 0.395. The molecule has 0 rings (SSSR count). The first-order valence-electron chi connectivity index (χ1n) is 2.40. The Morgan fingerprint density at radius 2 is 2.22 bits per heavy atom. The van der Waals surface area contributed by atoms with Crippen molar-refractivity contribution in [2.24, 2.45) is 0 Å². The molecular formula is C5H9NaO3. The van der Waals surface area contributed by atoms with Crippen LogP contribution in [-0.4, -0.2) is 48.4 Å². The average molecular weight is 140 g/mol. The Balaban J connectivity index is 0. The SMILES string of the molecule is CCOC(=O)CC=O.[NaH]. The van der Waals surface area contributed by atoms with Gasteiger partial charge in [0.1, 0.15) is 12.7 Å². The quantitative estimate of drug-likeness (QED) is 0.229. The van der Waals surface area contributed by atoms with E-state index in [0.717, 1.165) is 0 Å². The summed E-state index contributed by atoms with van der Waals surface area (Å²) in [4.78, 5) is 19.8. The van der Waals surface area contributed by atoms with E-state index < -0.39 is 5.97 Å². The van der Waals surface area contributed by atoms with Crippen molar-refractivity contribution in [3.8, 4) is 0 Å². The number of carbonyl (C=O) groups is 2. The zero-order valence-corrected chi connectivity index (χ0v) is 4.72. The third kappa shape index (κ3) is 8.14. The molecule has 0 amide bonds. The number of aldehydes is 1. The number of rotatable bonds is 3. The van der Waals surface area contributed by atoms with Crippen LogP contribution in [0.5, 0.6) is 0 Å². The van der Waals surface area contributed by atoms with Gasteiger partial charge < -0.3 is 9.53 Å². The van der Waals surface area contributed by atoms with Crippen LogP contribution in [0.2, 0.25) is 0 Å². The van der Waals surface area contributed by atoms with Gasteiger partial charge in [0.25, 0.3) is 0 Å². The topological polar surface area (TPSA) is 43.4 Å². The average Bonchev–Trinajstić information content (AvgIpc) is 1.68. The molecule has 0 saturated carbocycles. The van der Waals surface area contributed by atoms with Gasteiger partial charge in [0.2, 0.25) is 0 Å². The second kappa shape index (κ2) is 8.14. The molecule has 0 unspecified atom stereocenters.